The number of aromatic amines is 1. The highest BCUT2D eigenvalue weighted by atomic mass is 32.1. The molecule has 0 amide bonds. The number of hydrogen-bond acceptors (Lipinski definition) is 5. The minimum absolute atomic E-state index is 0.125. The van der Waals surface area contributed by atoms with E-state index in [1.54, 1.807) is 8.92 Å². The van der Waals surface area contributed by atoms with Crippen LogP contribution in [0.3, 0.4) is 0 Å². The average molecular weight is 362 g/mol. The second-order valence-corrected chi connectivity index (χ2v) is 7.18. The molecule has 0 fully saturated rings. The highest BCUT2D eigenvalue weighted by Crippen LogP contribution is 2.27. The van der Waals surface area contributed by atoms with Crippen molar-refractivity contribution in [2.24, 2.45) is 0 Å². The van der Waals surface area contributed by atoms with Gasteiger partial charge in [0.15, 0.2) is 10.6 Å². The first-order valence-electron chi connectivity index (χ1n) is 8.09. The lowest BCUT2D eigenvalue weighted by Crippen LogP contribution is -2.12. The summed E-state index contributed by atoms with van der Waals surface area (Å²) >= 11 is 1.46. The Morgan fingerprint density at radius 2 is 2.00 bits per heavy atom. The molecule has 0 aliphatic carbocycles. The van der Waals surface area contributed by atoms with E-state index in [1.165, 1.54) is 17.4 Å². The standard InChI is InChI=1S/C18H14N6OS/c1-10-6-14(22-24-8-11(2)20-17(10)24)13-7-16(25)23-9-15(26-18(23)21-13)12-4-3-5-19-12/h3-9,19H,1-2H3. The molecule has 5 rings (SSSR count). The Bertz CT molecular complexity index is 1330. The van der Waals surface area contributed by atoms with E-state index in [1.807, 2.05) is 50.6 Å². The molecule has 26 heavy (non-hydrogen) atoms. The van der Waals surface area contributed by atoms with Crippen LogP contribution >= 0.6 is 11.3 Å². The van der Waals surface area contributed by atoms with Crippen LogP contribution in [0, 0.1) is 13.8 Å². The van der Waals surface area contributed by atoms with Crippen molar-refractivity contribution in [1.29, 1.82) is 0 Å². The fourth-order valence-corrected chi connectivity index (χ4v) is 3.99. The molecule has 0 saturated heterocycles. The van der Waals surface area contributed by atoms with Crippen LogP contribution in [0.1, 0.15) is 11.3 Å². The third-order valence-electron chi connectivity index (χ3n) is 4.22. The maximum atomic E-state index is 12.6. The number of aryl methyl sites for hydroxylation is 2. The first-order valence-corrected chi connectivity index (χ1v) is 8.91. The molecule has 0 spiro atoms. The van der Waals surface area contributed by atoms with Crippen molar-refractivity contribution in [3.05, 3.63) is 64.5 Å². The summed E-state index contributed by atoms with van der Waals surface area (Å²) < 4.78 is 3.30. The van der Waals surface area contributed by atoms with Crippen molar-refractivity contribution in [2.45, 2.75) is 13.8 Å². The van der Waals surface area contributed by atoms with Crippen LogP contribution in [0.5, 0.6) is 0 Å². The summed E-state index contributed by atoms with van der Waals surface area (Å²) in [6.45, 7) is 3.91. The Morgan fingerprint density at radius 3 is 2.81 bits per heavy atom. The molecule has 0 atom stereocenters. The zero-order valence-corrected chi connectivity index (χ0v) is 14.9. The van der Waals surface area contributed by atoms with Crippen molar-refractivity contribution in [3.63, 3.8) is 0 Å². The van der Waals surface area contributed by atoms with Gasteiger partial charge in [-0.15, -0.1) is 0 Å². The van der Waals surface area contributed by atoms with Crippen LogP contribution in [0.25, 0.3) is 32.6 Å². The first-order chi connectivity index (χ1) is 12.6. The van der Waals surface area contributed by atoms with Crippen LogP contribution in [-0.2, 0) is 0 Å². The summed E-state index contributed by atoms with van der Waals surface area (Å²) in [6, 6.07) is 7.34. The molecule has 0 aliphatic rings. The third-order valence-corrected chi connectivity index (χ3v) is 5.24. The lowest BCUT2D eigenvalue weighted by Gasteiger charge is -2.03. The summed E-state index contributed by atoms with van der Waals surface area (Å²) in [5.74, 6) is 0. The maximum Gasteiger partial charge on any atom is 0.259 e. The molecule has 1 N–H and O–H groups in total. The monoisotopic (exact) mass is 362 g/mol. The fourth-order valence-electron chi connectivity index (χ4n) is 3.01. The van der Waals surface area contributed by atoms with Gasteiger partial charge in [-0.2, -0.15) is 5.10 Å². The molecule has 0 aliphatic heterocycles. The van der Waals surface area contributed by atoms with Gasteiger partial charge in [-0.25, -0.2) is 14.5 Å². The minimum Gasteiger partial charge on any atom is -0.360 e. The first kappa shape index (κ1) is 15.0. The van der Waals surface area contributed by atoms with Gasteiger partial charge in [0.05, 0.1) is 28.2 Å². The van der Waals surface area contributed by atoms with E-state index in [4.69, 9.17) is 0 Å². The lowest BCUT2D eigenvalue weighted by molar-refractivity contribution is 0.926. The Balaban J connectivity index is 1.71. The minimum atomic E-state index is -0.125. The molecular weight excluding hydrogens is 348 g/mol. The van der Waals surface area contributed by atoms with Crippen molar-refractivity contribution in [1.82, 2.24) is 29.0 Å². The molecular formula is C18H14N6OS. The van der Waals surface area contributed by atoms with E-state index in [9.17, 15) is 4.79 Å². The number of nitrogens with zero attached hydrogens (tertiary/aromatic N) is 5. The molecule has 0 bridgehead atoms. The van der Waals surface area contributed by atoms with E-state index in [-0.39, 0.29) is 5.56 Å². The predicted molar refractivity (Wildman–Crippen MR) is 101 cm³/mol. The van der Waals surface area contributed by atoms with Gasteiger partial charge >= 0.3 is 0 Å². The number of H-pyrrole nitrogens is 1. The summed E-state index contributed by atoms with van der Waals surface area (Å²) in [4.78, 5) is 26.5. The molecule has 0 aromatic carbocycles. The van der Waals surface area contributed by atoms with Gasteiger partial charge in [0.2, 0.25) is 0 Å². The maximum absolute atomic E-state index is 12.6. The predicted octanol–water partition coefficient (Wildman–Crippen LogP) is 3.08. The Hall–Kier alpha value is -3.26. The van der Waals surface area contributed by atoms with Crippen LogP contribution < -0.4 is 5.56 Å². The highest BCUT2D eigenvalue weighted by molar-refractivity contribution is 7.20. The Kier molecular flexibility index (Phi) is 3.10. The van der Waals surface area contributed by atoms with Crippen LogP contribution in [0.15, 0.2) is 47.7 Å². The largest absolute Gasteiger partial charge is 0.360 e. The summed E-state index contributed by atoms with van der Waals surface area (Å²) in [6.07, 6.45) is 5.54. The van der Waals surface area contributed by atoms with Crippen LogP contribution in [-0.4, -0.2) is 29.0 Å². The van der Waals surface area contributed by atoms with Gasteiger partial charge in [0.1, 0.15) is 5.69 Å². The van der Waals surface area contributed by atoms with Crippen molar-refractivity contribution in [3.8, 4) is 22.0 Å². The number of nitrogens with one attached hydrogen (secondary N) is 1. The number of hydrogen-bond donors (Lipinski definition) is 1. The topological polar surface area (TPSA) is 80.4 Å². The quantitative estimate of drug-likeness (QED) is 0.523. The molecule has 0 unspecified atom stereocenters. The van der Waals surface area contributed by atoms with E-state index >= 15 is 0 Å². The molecule has 5 aromatic rings. The molecule has 0 radical (unpaired) electrons. The van der Waals surface area contributed by atoms with Gasteiger partial charge in [0.25, 0.3) is 5.56 Å². The van der Waals surface area contributed by atoms with Crippen LogP contribution in [0.2, 0.25) is 0 Å². The smallest absolute Gasteiger partial charge is 0.259 e. The highest BCUT2D eigenvalue weighted by Gasteiger charge is 2.13. The molecule has 128 valence electrons. The van der Waals surface area contributed by atoms with E-state index in [0.29, 0.717) is 16.3 Å². The summed E-state index contributed by atoms with van der Waals surface area (Å²) in [5, 5.41) is 4.57. The number of rotatable bonds is 2. The molecule has 5 aromatic heterocycles. The second kappa shape index (κ2) is 5.37. The van der Waals surface area contributed by atoms with Crippen molar-refractivity contribution < 1.29 is 0 Å². The third kappa shape index (κ3) is 2.26. The summed E-state index contributed by atoms with van der Waals surface area (Å²) in [7, 11) is 0. The fraction of sp³-hybridized carbons (Fsp3) is 0.111. The van der Waals surface area contributed by atoms with E-state index in [2.05, 4.69) is 20.1 Å². The van der Waals surface area contributed by atoms with Gasteiger partial charge in [-0.3, -0.25) is 9.20 Å². The molecule has 7 nitrogen and oxygen atoms in total. The molecule has 5 heterocycles. The Morgan fingerprint density at radius 1 is 1.12 bits per heavy atom. The van der Waals surface area contributed by atoms with Gasteiger partial charge < -0.3 is 4.98 Å². The summed E-state index contributed by atoms with van der Waals surface area (Å²) in [5.41, 5.74) is 4.76. The van der Waals surface area contributed by atoms with Gasteiger partial charge in [0, 0.05) is 18.5 Å². The van der Waals surface area contributed by atoms with E-state index < -0.39 is 0 Å². The molecule has 0 saturated carbocycles. The number of thiazole rings is 1. The van der Waals surface area contributed by atoms with Gasteiger partial charge in [-0.05, 0) is 37.6 Å². The number of aromatic nitrogens is 6. The number of imidazole rings is 1. The SMILES string of the molecule is Cc1cn2nc(-c3cc(=O)n4cc(-c5ccc[nH]5)sc4n3)cc(C)c2n1. The van der Waals surface area contributed by atoms with Gasteiger partial charge in [-0.1, -0.05) is 11.3 Å². The average Bonchev–Trinajstić information content (AvgIpc) is 3.32. The van der Waals surface area contributed by atoms with E-state index in [0.717, 1.165) is 27.5 Å². The van der Waals surface area contributed by atoms with Crippen molar-refractivity contribution >= 4 is 21.9 Å². The van der Waals surface area contributed by atoms with Crippen molar-refractivity contribution in [2.75, 3.05) is 0 Å². The lowest BCUT2D eigenvalue weighted by atomic mass is 10.2. The second-order valence-electron chi connectivity index (χ2n) is 6.17. The Labute approximate surface area is 151 Å². The number of fused-ring (bicyclic) bond motifs is 2. The zero-order valence-electron chi connectivity index (χ0n) is 14.1. The normalized spacial score (nSPS) is 11.6. The zero-order chi connectivity index (χ0) is 17.8. The van der Waals surface area contributed by atoms with Crippen LogP contribution in [0.4, 0.5) is 0 Å². The molecule has 8 heteroatoms.